The maximum Gasteiger partial charge on any atom is 0.262 e. The number of fused-ring (bicyclic) bond motifs is 1. The molecule has 27 heavy (non-hydrogen) atoms. The fourth-order valence-electron chi connectivity index (χ4n) is 3.04. The number of H-pyrrole nitrogens is 1. The smallest absolute Gasteiger partial charge is 0.262 e. The summed E-state index contributed by atoms with van der Waals surface area (Å²) in [4.78, 5) is 30.3. The molecule has 8 nitrogen and oxygen atoms in total. The van der Waals surface area contributed by atoms with Gasteiger partial charge in [0.25, 0.3) is 11.5 Å². The lowest BCUT2D eigenvalue weighted by atomic mass is 10.1. The summed E-state index contributed by atoms with van der Waals surface area (Å²) in [7, 11) is 1.57. The quantitative estimate of drug-likeness (QED) is 0.677. The number of methoxy groups -OCH3 is 1. The number of ether oxygens (including phenoxy) is 2. The molecule has 1 aromatic heterocycles. The lowest BCUT2D eigenvalue weighted by Gasteiger charge is -2.26. The van der Waals surface area contributed by atoms with Crippen molar-refractivity contribution < 1.29 is 14.3 Å². The number of morpholine rings is 1. The van der Waals surface area contributed by atoms with Gasteiger partial charge in [0.05, 0.1) is 37.3 Å². The van der Waals surface area contributed by atoms with Gasteiger partial charge in [-0.05, 0) is 30.4 Å². The SMILES string of the molecule is COCCn1c(=S)[nH]c2cc(C(=O)NCCN3CCOCC3)ccc2c1=O. The molecule has 2 heterocycles. The molecular weight excluding hydrogens is 368 g/mol. The van der Waals surface area contributed by atoms with Crippen molar-refractivity contribution in [2.75, 3.05) is 53.1 Å². The summed E-state index contributed by atoms with van der Waals surface area (Å²) in [5.41, 5.74) is 0.855. The highest BCUT2D eigenvalue weighted by molar-refractivity contribution is 7.71. The van der Waals surface area contributed by atoms with Crippen molar-refractivity contribution in [3.8, 4) is 0 Å². The predicted octanol–water partition coefficient (Wildman–Crippen LogP) is 0.767. The van der Waals surface area contributed by atoms with Crippen molar-refractivity contribution in [2.45, 2.75) is 6.54 Å². The summed E-state index contributed by atoms with van der Waals surface area (Å²) in [6.45, 7) is 5.37. The second-order valence-corrected chi connectivity index (χ2v) is 6.74. The highest BCUT2D eigenvalue weighted by Crippen LogP contribution is 2.11. The van der Waals surface area contributed by atoms with Gasteiger partial charge in [-0.15, -0.1) is 0 Å². The van der Waals surface area contributed by atoms with Gasteiger partial charge in [0, 0.05) is 38.9 Å². The standard InChI is InChI=1S/C18H24N4O4S/c1-25-9-8-22-17(24)14-3-2-13(12-15(14)20-18(22)27)16(23)19-4-5-21-6-10-26-11-7-21/h2-3,12H,4-11H2,1H3,(H,19,23)(H,20,27). The van der Waals surface area contributed by atoms with Crippen LogP contribution in [0.2, 0.25) is 0 Å². The van der Waals surface area contributed by atoms with E-state index in [1.165, 1.54) is 4.57 Å². The molecule has 0 aliphatic carbocycles. The van der Waals surface area contributed by atoms with Crippen molar-refractivity contribution in [3.63, 3.8) is 0 Å². The van der Waals surface area contributed by atoms with Gasteiger partial charge < -0.3 is 19.8 Å². The molecule has 1 fully saturated rings. The number of carbonyl (C=O) groups excluding carboxylic acids is 1. The molecule has 0 saturated carbocycles. The number of rotatable bonds is 7. The van der Waals surface area contributed by atoms with Crippen molar-refractivity contribution in [1.82, 2.24) is 19.8 Å². The average molecular weight is 392 g/mol. The molecule has 0 atom stereocenters. The minimum atomic E-state index is -0.190. The molecule has 0 unspecified atom stereocenters. The second-order valence-electron chi connectivity index (χ2n) is 6.35. The summed E-state index contributed by atoms with van der Waals surface area (Å²) in [6, 6.07) is 4.98. The van der Waals surface area contributed by atoms with Gasteiger partial charge in [-0.3, -0.25) is 19.1 Å². The van der Waals surface area contributed by atoms with E-state index >= 15 is 0 Å². The van der Waals surface area contributed by atoms with Crippen molar-refractivity contribution >= 4 is 29.0 Å². The molecule has 1 aliphatic rings. The first-order valence-corrected chi connectivity index (χ1v) is 9.35. The first-order chi connectivity index (χ1) is 13.1. The molecule has 3 rings (SSSR count). The molecule has 0 bridgehead atoms. The third-order valence-electron chi connectivity index (χ3n) is 4.58. The molecular formula is C18H24N4O4S. The van der Waals surface area contributed by atoms with Crippen LogP contribution in [0.4, 0.5) is 0 Å². The number of nitrogens with one attached hydrogen (secondary N) is 2. The summed E-state index contributed by atoms with van der Waals surface area (Å²) in [5.74, 6) is -0.173. The Bertz CT molecular complexity index is 918. The van der Waals surface area contributed by atoms with Gasteiger partial charge in [0.2, 0.25) is 0 Å². The maximum absolute atomic E-state index is 12.6. The zero-order valence-corrected chi connectivity index (χ0v) is 16.1. The van der Waals surface area contributed by atoms with Gasteiger partial charge in [-0.1, -0.05) is 0 Å². The lowest BCUT2D eigenvalue weighted by molar-refractivity contribution is 0.0383. The molecule has 146 valence electrons. The van der Waals surface area contributed by atoms with E-state index in [9.17, 15) is 9.59 Å². The van der Waals surface area contributed by atoms with Crippen molar-refractivity contribution in [3.05, 3.63) is 38.9 Å². The van der Waals surface area contributed by atoms with Crippen LogP contribution < -0.4 is 10.9 Å². The minimum Gasteiger partial charge on any atom is -0.383 e. The number of benzene rings is 1. The highest BCUT2D eigenvalue weighted by Gasteiger charge is 2.12. The number of nitrogens with zero attached hydrogens (tertiary/aromatic N) is 2. The number of carbonyl (C=O) groups is 1. The Morgan fingerprint density at radius 1 is 1.33 bits per heavy atom. The summed E-state index contributed by atoms with van der Waals surface area (Å²) < 4.78 is 12.1. The lowest BCUT2D eigenvalue weighted by Crippen LogP contribution is -2.41. The van der Waals surface area contributed by atoms with Gasteiger partial charge >= 0.3 is 0 Å². The number of amides is 1. The van der Waals surface area contributed by atoms with Crippen LogP contribution >= 0.6 is 12.2 Å². The Morgan fingerprint density at radius 2 is 2.11 bits per heavy atom. The van der Waals surface area contributed by atoms with Crippen LogP contribution in [0, 0.1) is 4.77 Å². The van der Waals surface area contributed by atoms with Gasteiger partial charge in [0.15, 0.2) is 4.77 Å². The average Bonchev–Trinajstić information content (AvgIpc) is 2.68. The Morgan fingerprint density at radius 3 is 2.85 bits per heavy atom. The number of aromatic amines is 1. The van der Waals surface area contributed by atoms with E-state index in [1.54, 1.807) is 25.3 Å². The van der Waals surface area contributed by atoms with E-state index in [4.69, 9.17) is 21.7 Å². The first kappa shape index (κ1) is 19.7. The molecule has 0 radical (unpaired) electrons. The third-order valence-corrected chi connectivity index (χ3v) is 4.90. The zero-order valence-electron chi connectivity index (χ0n) is 15.3. The minimum absolute atomic E-state index is 0.173. The summed E-state index contributed by atoms with van der Waals surface area (Å²) >= 11 is 5.27. The fourth-order valence-corrected chi connectivity index (χ4v) is 3.32. The van der Waals surface area contributed by atoms with E-state index in [1.807, 2.05) is 0 Å². The molecule has 2 aromatic rings. The molecule has 9 heteroatoms. The van der Waals surface area contributed by atoms with E-state index in [0.29, 0.717) is 40.9 Å². The Labute approximate surface area is 162 Å². The largest absolute Gasteiger partial charge is 0.383 e. The van der Waals surface area contributed by atoms with E-state index in [-0.39, 0.29) is 11.5 Å². The fraction of sp³-hybridized carbons (Fsp3) is 0.500. The van der Waals surface area contributed by atoms with E-state index in [0.717, 1.165) is 32.8 Å². The molecule has 1 aliphatic heterocycles. The second kappa shape index (κ2) is 9.23. The number of aromatic nitrogens is 2. The van der Waals surface area contributed by atoms with Gasteiger partial charge in [-0.25, -0.2) is 0 Å². The topological polar surface area (TPSA) is 88.6 Å². The van der Waals surface area contributed by atoms with E-state index < -0.39 is 0 Å². The van der Waals surface area contributed by atoms with Crippen LogP contribution in [0.3, 0.4) is 0 Å². The molecule has 2 N–H and O–H groups in total. The van der Waals surface area contributed by atoms with Crippen LogP contribution in [0.15, 0.2) is 23.0 Å². The van der Waals surface area contributed by atoms with Gasteiger partial charge in [-0.2, -0.15) is 0 Å². The third kappa shape index (κ3) is 4.81. The first-order valence-electron chi connectivity index (χ1n) is 8.94. The molecule has 1 amide bonds. The van der Waals surface area contributed by atoms with Crippen molar-refractivity contribution in [1.29, 1.82) is 0 Å². The van der Waals surface area contributed by atoms with Gasteiger partial charge in [0.1, 0.15) is 0 Å². The van der Waals surface area contributed by atoms with Crippen molar-refractivity contribution in [2.24, 2.45) is 0 Å². The Kier molecular flexibility index (Phi) is 6.73. The summed E-state index contributed by atoms with van der Waals surface area (Å²) in [5, 5.41) is 3.41. The van der Waals surface area contributed by atoms with E-state index in [2.05, 4.69) is 15.2 Å². The van der Waals surface area contributed by atoms with Crippen LogP contribution in [-0.2, 0) is 16.0 Å². The normalized spacial score (nSPS) is 15.1. The zero-order chi connectivity index (χ0) is 19.2. The monoisotopic (exact) mass is 392 g/mol. The maximum atomic E-state index is 12.6. The van der Waals surface area contributed by atoms with Crippen LogP contribution in [0.1, 0.15) is 10.4 Å². The molecule has 0 spiro atoms. The summed E-state index contributed by atoms with van der Waals surface area (Å²) in [6.07, 6.45) is 0. The van der Waals surface area contributed by atoms with Crippen LogP contribution in [0.5, 0.6) is 0 Å². The molecule has 1 saturated heterocycles. The highest BCUT2D eigenvalue weighted by atomic mass is 32.1. The Balaban J connectivity index is 1.71. The van der Waals surface area contributed by atoms with Crippen LogP contribution in [-0.4, -0.2) is 73.5 Å². The number of hydrogen-bond donors (Lipinski definition) is 2. The Hall–Kier alpha value is -2.07. The predicted molar refractivity (Wildman–Crippen MR) is 105 cm³/mol. The number of hydrogen-bond acceptors (Lipinski definition) is 6. The molecule has 1 aromatic carbocycles. The van der Waals surface area contributed by atoms with Crippen LogP contribution in [0.25, 0.3) is 10.9 Å².